The first-order valence-corrected chi connectivity index (χ1v) is 5.09. The first-order chi connectivity index (χ1) is 7.53. The number of rotatable bonds is 2. The van der Waals surface area contributed by atoms with Gasteiger partial charge >= 0.3 is 5.97 Å². The van der Waals surface area contributed by atoms with Crippen molar-refractivity contribution in [2.75, 3.05) is 13.1 Å². The van der Waals surface area contributed by atoms with Crippen LogP contribution in [-0.4, -0.2) is 35.0 Å². The Hall–Kier alpha value is -1.78. The van der Waals surface area contributed by atoms with E-state index in [1.54, 1.807) is 19.1 Å². The first-order valence-electron chi connectivity index (χ1n) is 5.09. The lowest BCUT2D eigenvalue weighted by atomic mass is 9.90. The van der Waals surface area contributed by atoms with E-state index in [1.165, 1.54) is 11.2 Å². The number of aliphatic carboxylic acids is 1. The normalized spacial score (nSPS) is 24.7. The number of hydrogen-bond donors (Lipinski definition) is 1. The van der Waals surface area contributed by atoms with Crippen molar-refractivity contribution in [3.63, 3.8) is 0 Å². The van der Waals surface area contributed by atoms with Gasteiger partial charge < -0.3 is 14.4 Å². The molecule has 1 aromatic heterocycles. The SMILES string of the molecule is CC1(C(=O)O)CCN(C(=O)c2ccco2)C1. The average Bonchev–Trinajstić information content (AvgIpc) is 2.85. The number of carboxylic acid groups (broad SMARTS) is 1. The first kappa shape index (κ1) is 10.7. The molecule has 1 amide bonds. The minimum absolute atomic E-state index is 0.238. The number of carboxylic acids is 1. The topological polar surface area (TPSA) is 70.8 Å². The van der Waals surface area contributed by atoms with Crippen LogP contribution in [0, 0.1) is 5.41 Å². The zero-order valence-electron chi connectivity index (χ0n) is 8.97. The van der Waals surface area contributed by atoms with E-state index in [2.05, 4.69) is 0 Å². The fourth-order valence-electron chi connectivity index (χ4n) is 1.87. The Balaban J connectivity index is 2.10. The molecular weight excluding hydrogens is 210 g/mol. The molecule has 1 aliphatic rings. The van der Waals surface area contributed by atoms with Gasteiger partial charge in [0, 0.05) is 13.1 Å². The lowest BCUT2D eigenvalue weighted by Crippen LogP contribution is -2.34. The molecule has 86 valence electrons. The second-order valence-electron chi connectivity index (χ2n) is 4.32. The molecule has 1 aliphatic heterocycles. The third-order valence-corrected chi connectivity index (χ3v) is 3.01. The zero-order valence-corrected chi connectivity index (χ0v) is 8.97. The summed E-state index contributed by atoms with van der Waals surface area (Å²) in [5.74, 6) is -0.841. The lowest BCUT2D eigenvalue weighted by Gasteiger charge is -2.19. The van der Waals surface area contributed by atoms with Gasteiger partial charge in [-0.2, -0.15) is 0 Å². The lowest BCUT2D eigenvalue weighted by molar-refractivity contribution is -0.147. The summed E-state index contributed by atoms with van der Waals surface area (Å²) < 4.78 is 5.00. The van der Waals surface area contributed by atoms with E-state index in [-0.39, 0.29) is 18.2 Å². The minimum Gasteiger partial charge on any atom is -0.481 e. The number of furan rings is 1. The Morgan fingerprint density at radius 2 is 2.31 bits per heavy atom. The quantitative estimate of drug-likeness (QED) is 0.818. The molecule has 1 N–H and O–H groups in total. The zero-order chi connectivity index (χ0) is 11.8. The van der Waals surface area contributed by atoms with Gasteiger partial charge in [-0.1, -0.05) is 0 Å². The average molecular weight is 223 g/mol. The number of carbonyl (C=O) groups is 2. The summed E-state index contributed by atoms with van der Waals surface area (Å²) in [6, 6.07) is 3.22. The van der Waals surface area contributed by atoms with Gasteiger partial charge in [0.15, 0.2) is 5.76 Å². The van der Waals surface area contributed by atoms with Crippen LogP contribution in [0.1, 0.15) is 23.9 Å². The Morgan fingerprint density at radius 1 is 1.56 bits per heavy atom. The highest BCUT2D eigenvalue weighted by atomic mass is 16.4. The maximum Gasteiger partial charge on any atom is 0.311 e. The second kappa shape index (κ2) is 3.66. The molecule has 0 saturated carbocycles. The molecule has 1 unspecified atom stereocenters. The van der Waals surface area contributed by atoms with Gasteiger partial charge in [0.25, 0.3) is 5.91 Å². The molecule has 1 aromatic rings. The third kappa shape index (κ3) is 1.68. The molecule has 2 heterocycles. The molecule has 5 heteroatoms. The smallest absolute Gasteiger partial charge is 0.311 e. The molecule has 16 heavy (non-hydrogen) atoms. The molecule has 0 aromatic carbocycles. The Kier molecular flexibility index (Phi) is 2.46. The van der Waals surface area contributed by atoms with Crippen LogP contribution in [0.15, 0.2) is 22.8 Å². The number of amides is 1. The van der Waals surface area contributed by atoms with Crippen molar-refractivity contribution >= 4 is 11.9 Å². The molecule has 0 aliphatic carbocycles. The molecule has 1 fully saturated rings. The standard InChI is InChI=1S/C11H13NO4/c1-11(10(14)15)4-5-12(7-11)9(13)8-3-2-6-16-8/h2-3,6H,4-5,7H2,1H3,(H,14,15). The maximum atomic E-state index is 11.9. The van der Waals surface area contributed by atoms with E-state index < -0.39 is 11.4 Å². The van der Waals surface area contributed by atoms with Crippen molar-refractivity contribution in [2.45, 2.75) is 13.3 Å². The number of hydrogen-bond acceptors (Lipinski definition) is 3. The van der Waals surface area contributed by atoms with Crippen molar-refractivity contribution in [3.8, 4) is 0 Å². The third-order valence-electron chi connectivity index (χ3n) is 3.01. The van der Waals surface area contributed by atoms with Crippen LogP contribution in [0.25, 0.3) is 0 Å². The van der Waals surface area contributed by atoms with Crippen LogP contribution in [0.4, 0.5) is 0 Å². The van der Waals surface area contributed by atoms with Gasteiger partial charge in [-0.25, -0.2) is 0 Å². The van der Waals surface area contributed by atoms with E-state index in [4.69, 9.17) is 9.52 Å². The van der Waals surface area contributed by atoms with Crippen molar-refractivity contribution in [3.05, 3.63) is 24.2 Å². The fourth-order valence-corrected chi connectivity index (χ4v) is 1.87. The molecule has 1 atom stereocenters. The summed E-state index contributed by atoms with van der Waals surface area (Å²) in [4.78, 5) is 24.4. The van der Waals surface area contributed by atoms with E-state index in [0.717, 1.165) is 0 Å². The largest absolute Gasteiger partial charge is 0.481 e. The molecular formula is C11H13NO4. The van der Waals surface area contributed by atoms with Gasteiger partial charge in [-0.3, -0.25) is 9.59 Å². The number of nitrogens with zero attached hydrogens (tertiary/aromatic N) is 1. The van der Waals surface area contributed by atoms with Crippen molar-refractivity contribution in [2.24, 2.45) is 5.41 Å². The van der Waals surface area contributed by atoms with Gasteiger partial charge in [-0.05, 0) is 25.5 Å². The summed E-state index contributed by atoms with van der Waals surface area (Å²) in [5, 5.41) is 9.04. The van der Waals surface area contributed by atoms with Crippen LogP contribution in [-0.2, 0) is 4.79 Å². The van der Waals surface area contributed by atoms with Gasteiger partial charge in [-0.15, -0.1) is 0 Å². The number of carbonyl (C=O) groups excluding carboxylic acids is 1. The van der Waals surface area contributed by atoms with Crippen LogP contribution in [0.3, 0.4) is 0 Å². The Bertz CT molecular complexity index is 412. The van der Waals surface area contributed by atoms with Crippen molar-refractivity contribution in [1.29, 1.82) is 0 Å². The van der Waals surface area contributed by atoms with Gasteiger partial charge in [0.05, 0.1) is 11.7 Å². The number of likely N-dealkylation sites (tertiary alicyclic amines) is 1. The van der Waals surface area contributed by atoms with Crippen LogP contribution in [0.5, 0.6) is 0 Å². The summed E-state index contributed by atoms with van der Waals surface area (Å²) in [6.45, 7) is 2.36. The Morgan fingerprint density at radius 3 is 2.81 bits per heavy atom. The van der Waals surface area contributed by atoms with Crippen molar-refractivity contribution < 1.29 is 19.1 Å². The van der Waals surface area contributed by atoms with Crippen LogP contribution < -0.4 is 0 Å². The highest BCUT2D eigenvalue weighted by Gasteiger charge is 2.42. The van der Waals surface area contributed by atoms with Gasteiger partial charge in [0.2, 0.25) is 0 Å². The highest BCUT2D eigenvalue weighted by Crippen LogP contribution is 2.30. The molecule has 0 bridgehead atoms. The molecule has 2 rings (SSSR count). The summed E-state index contributed by atoms with van der Waals surface area (Å²) in [6.07, 6.45) is 1.91. The van der Waals surface area contributed by atoms with E-state index >= 15 is 0 Å². The minimum atomic E-state index is -0.859. The molecule has 0 radical (unpaired) electrons. The predicted octanol–water partition coefficient (Wildman–Crippen LogP) is 1.22. The maximum absolute atomic E-state index is 11.9. The van der Waals surface area contributed by atoms with Crippen molar-refractivity contribution in [1.82, 2.24) is 4.90 Å². The monoisotopic (exact) mass is 223 g/mol. The van der Waals surface area contributed by atoms with E-state index in [0.29, 0.717) is 13.0 Å². The van der Waals surface area contributed by atoms with Gasteiger partial charge in [0.1, 0.15) is 0 Å². The highest BCUT2D eigenvalue weighted by molar-refractivity contribution is 5.92. The summed E-state index contributed by atoms with van der Waals surface area (Å²) in [5.41, 5.74) is -0.831. The van der Waals surface area contributed by atoms with E-state index in [1.807, 2.05) is 0 Å². The van der Waals surface area contributed by atoms with Crippen LogP contribution in [0.2, 0.25) is 0 Å². The Labute approximate surface area is 92.7 Å². The summed E-state index contributed by atoms with van der Waals surface area (Å²) >= 11 is 0. The second-order valence-corrected chi connectivity index (χ2v) is 4.32. The molecule has 5 nitrogen and oxygen atoms in total. The fraction of sp³-hybridized carbons (Fsp3) is 0.455. The predicted molar refractivity (Wildman–Crippen MR) is 55.0 cm³/mol. The molecule has 1 saturated heterocycles. The van der Waals surface area contributed by atoms with Crippen LogP contribution >= 0.6 is 0 Å². The van der Waals surface area contributed by atoms with E-state index in [9.17, 15) is 9.59 Å². The summed E-state index contributed by atoms with van der Waals surface area (Å²) in [7, 11) is 0. The molecule has 0 spiro atoms.